The van der Waals surface area contributed by atoms with Gasteiger partial charge in [-0.2, -0.15) is 8.61 Å². The Morgan fingerprint density at radius 2 is 1.27 bits per heavy atom. The Balaban J connectivity index is 1.37. The van der Waals surface area contributed by atoms with Gasteiger partial charge in [0.2, 0.25) is 26.0 Å². The van der Waals surface area contributed by atoms with E-state index in [1.807, 2.05) is 4.90 Å². The SMILES string of the molecule is O=C(CN1CCN(S(=O)(=O)c2ccc(S(=O)(=O)N3CCCC3)cc2)CC1)NC1CC1. The third kappa shape index (κ3) is 4.70. The molecule has 4 rings (SSSR count). The van der Waals surface area contributed by atoms with Crippen LogP contribution in [-0.2, 0) is 24.8 Å². The second-order valence-electron chi connectivity index (χ2n) is 8.10. The third-order valence-electron chi connectivity index (χ3n) is 5.81. The number of carbonyl (C=O) groups is 1. The van der Waals surface area contributed by atoms with Gasteiger partial charge in [0.1, 0.15) is 0 Å². The normalized spacial score (nSPS) is 22.3. The van der Waals surface area contributed by atoms with Gasteiger partial charge in [-0.05, 0) is 49.9 Å². The van der Waals surface area contributed by atoms with E-state index in [-0.39, 0.29) is 22.2 Å². The Labute approximate surface area is 178 Å². The molecule has 0 unspecified atom stereocenters. The predicted octanol–water partition coefficient (Wildman–Crippen LogP) is 0.0560. The number of benzene rings is 1. The zero-order valence-corrected chi connectivity index (χ0v) is 18.5. The van der Waals surface area contributed by atoms with Gasteiger partial charge in [0.15, 0.2) is 0 Å². The smallest absolute Gasteiger partial charge is 0.243 e. The summed E-state index contributed by atoms with van der Waals surface area (Å²) in [5.41, 5.74) is 0. The van der Waals surface area contributed by atoms with Crippen molar-refractivity contribution >= 4 is 26.0 Å². The van der Waals surface area contributed by atoms with Crippen LogP contribution in [0.25, 0.3) is 0 Å². The van der Waals surface area contributed by atoms with Crippen LogP contribution >= 0.6 is 0 Å². The average Bonchev–Trinajstić information content (AvgIpc) is 3.35. The van der Waals surface area contributed by atoms with Crippen molar-refractivity contribution in [2.24, 2.45) is 0 Å². The molecule has 1 N–H and O–H groups in total. The molecule has 3 aliphatic rings. The van der Waals surface area contributed by atoms with Crippen molar-refractivity contribution in [1.82, 2.24) is 18.8 Å². The highest BCUT2D eigenvalue weighted by Crippen LogP contribution is 2.24. The lowest BCUT2D eigenvalue weighted by atomic mass is 10.3. The Morgan fingerprint density at radius 1 is 0.800 bits per heavy atom. The number of hydrogen-bond acceptors (Lipinski definition) is 6. The van der Waals surface area contributed by atoms with Crippen molar-refractivity contribution in [2.75, 3.05) is 45.8 Å². The summed E-state index contributed by atoms with van der Waals surface area (Å²) in [5, 5.41) is 2.94. The van der Waals surface area contributed by atoms with Crippen molar-refractivity contribution < 1.29 is 21.6 Å². The summed E-state index contributed by atoms with van der Waals surface area (Å²) in [5.74, 6) is -0.0105. The number of piperazine rings is 1. The van der Waals surface area contributed by atoms with Gasteiger partial charge in [-0.3, -0.25) is 9.69 Å². The monoisotopic (exact) mass is 456 g/mol. The van der Waals surface area contributed by atoms with E-state index in [4.69, 9.17) is 0 Å². The van der Waals surface area contributed by atoms with E-state index in [1.54, 1.807) is 0 Å². The molecule has 0 radical (unpaired) electrons. The second kappa shape index (κ2) is 8.54. The summed E-state index contributed by atoms with van der Waals surface area (Å²) in [6, 6.07) is 5.80. The quantitative estimate of drug-likeness (QED) is 0.622. The third-order valence-corrected chi connectivity index (χ3v) is 9.63. The van der Waals surface area contributed by atoms with Crippen LogP contribution in [0.1, 0.15) is 25.7 Å². The Kier molecular flexibility index (Phi) is 6.18. The fraction of sp³-hybridized carbons (Fsp3) is 0.632. The summed E-state index contributed by atoms with van der Waals surface area (Å²) < 4.78 is 54.0. The van der Waals surface area contributed by atoms with Gasteiger partial charge in [-0.1, -0.05) is 0 Å². The number of amides is 1. The van der Waals surface area contributed by atoms with Gasteiger partial charge < -0.3 is 5.32 Å². The van der Waals surface area contributed by atoms with Crippen LogP contribution in [0.3, 0.4) is 0 Å². The molecule has 3 fully saturated rings. The Hall–Kier alpha value is -1.53. The first-order valence-electron chi connectivity index (χ1n) is 10.4. The van der Waals surface area contributed by atoms with Crippen LogP contribution < -0.4 is 5.32 Å². The lowest BCUT2D eigenvalue weighted by Crippen LogP contribution is -2.51. The minimum Gasteiger partial charge on any atom is -0.352 e. The zero-order chi connectivity index (χ0) is 21.4. The molecule has 0 spiro atoms. The summed E-state index contributed by atoms with van der Waals surface area (Å²) in [6.07, 6.45) is 3.77. The first kappa shape index (κ1) is 21.7. The molecule has 1 aromatic rings. The molecule has 1 aromatic carbocycles. The van der Waals surface area contributed by atoms with E-state index < -0.39 is 20.0 Å². The van der Waals surface area contributed by atoms with Crippen molar-refractivity contribution in [3.05, 3.63) is 24.3 Å². The Morgan fingerprint density at radius 3 is 1.73 bits per heavy atom. The van der Waals surface area contributed by atoms with Crippen LogP contribution in [0.15, 0.2) is 34.1 Å². The van der Waals surface area contributed by atoms with Gasteiger partial charge >= 0.3 is 0 Å². The highest BCUT2D eigenvalue weighted by atomic mass is 32.2. The molecule has 2 heterocycles. The molecule has 0 atom stereocenters. The highest BCUT2D eigenvalue weighted by Gasteiger charge is 2.31. The van der Waals surface area contributed by atoms with Crippen molar-refractivity contribution in [3.8, 4) is 0 Å². The fourth-order valence-corrected chi connectivity index (χ4v) is 6.78. The molecule has 1 saturated carbocycles. The van der Waals surface area contributed by atoms with Crippen molar-refractivity contribution in [3.63, 3.8) is 0 Å². The maximum absolute atomic E-state index is 13.0. The topological polar surface area (TPSA) is 107 Å². The van der Waals surface area contributed by atoms with Crippen molar-refractivity contribution in [1.29, 1.82) is 0 Å². The van der Waals surface area contributed by atoms with Crippen molar-refractivity contribution in [2.45, 2.75) is 41.5 Å². The summed E-state index contributed by atoms with van der Waals surface area (Å²) in [7, 11) is -7.28. The molecule has 1 amide bonds. The van der Waals surface area contributed by atoms with Gasteiger partial charge in [-0.15, -0.1) is 0 Å². The number of nitrogens with one attached hydrogen (secondary N) is 1. The lowest BCUT2D eigenvalue weighted by molar-refractivity contribution is -0.122. The van der Waals surface area contributed by atoms with Crippen LogP contribution in [0.2, 0.25) is 0 Å². The molecule has 0 bridgehead atoms. The highest BCUT2D eigenvalue weighted by molar-refractivity contribution is 7.89. The van der Waals surface area contributed by atoms with E-state index in [2.05, 4.69) is 5.32 Å². The van der Waals surface area contributed by atoms with Gasteiger partial charge in [-0.25, -0.2) is 16.8 Å². The van der Waals surface area contributed by atoms with Gasteiger partial charge in [0.05, 0.1) is 16.3 Å². The van der Waals surface area contributed by atoms with E-state index in [0.29, 0.717) is 45.3 Å². The molecule has 166 valence electrons. The molecular weight excluding hydrogens is 428 g/mol. The first-order valence-corrected chi connectivity index (χ1v) is 13.3. The first-order chi connectivity index (χ1) is 14.3. The fourth-order valence-electron chi connectivity index (χ4n) is 3.84. The van der Waals surface area contributed by atoms with Crippen LogP contribution in [-0.4, -0.2) is 88.1 Å². The number of nitrogens with zero attached hydrogens (tertiary/aromatic N) is 3. The Bertz CT molecular complexity index is 976. The van der Waals surface area contributed by atoms with E-state index in [0.717, 1.165) is 25.7 Å². The van der Waals surface area contributed by atoms with Gasteiger partial charge in [0.25, 0.3) is 0 Å². The molecule has 2 saturated heterocycles. The minimum atomic E-state index is -3.71. The maximum Gasteiger partial charge on any atom is 0.243 e. The average molecular weight is 457 g/mol. The minimum absolute atomic E-state index is 0.0105. The molecule has 1 aliphatic carbocycles. The van der Waals surface area contributed by atoms with Crippen LogP contribution in [0.4, 0.5) is 0 Å². The van der Waals surface area contributed by atoms with E-state index in [9.17, 15) is 21.6 Å². The number of carbonyl (C=O) groups excluding carboxylic acids is 1. The van der Waals surface area contributed by atoms with Crippen LogP contribution in [0, 0.1) is 0 Å². The molecular formula is C19H28N4O5S2. The molecule has 2 aliphatic heterocycles. The standard InChI is InChI=1S/C19H28N4O5S2/c24-19(20-16-3-4-16)15-21-11-13-23(14-12-21)30(27,28)18-7-5-17(6-8-18)29(25,26)22-9-1-2-10-22/h5-8,16H,1-4,9-15H2,(H,20,24). The van der Waals surface area contributed by atoms with Crippen LogP contribution in [0.5, 0.6) is 0 Å². The largest absolute Gasteiger partial charge is 0.352 e. The summed E-state index contributed by atoms with van der Waals surface area (Å²) in [4.78, 5) is 14.1. The second-order valence-corrected chi connectivity index (χ2v) is 12.0. The number of rotatable bonds is 7. The molecule has 0 aromatic heterocycles. The molecule has 30 heavy (non-hydrogen) atoms. The van der Waals surface area contributed by atoms with Gasteiger partial charge in [0, 0.05) is 45.3 Å². The number of hydrogen-bond donors (Lipinski definition) is 1. The van der Waals surface area contributed by atoms with E-state index in [1.165, 1.54) is 32.9 Å². The maximum atomic E-state index is 13.0. The van der Waals surface area contributed by atoms with E-state index >= 15 is 0 Å². The summed E-state index contributed by atoms with van der Waals surface area (Å²) >= 11 is 0. The number of sulfonamides is 2. The predicted molar refractivity (Wildman–Crippen MR) is 111 cm³/mol. The zero-order valence-electron chi connectivity index (χ0n) is 16.9. The summed E-state index contributed by atoms with van der Waals surface area (Å²) in [6.45, 7) is 2.86. The molecule has 9 nitrogen and oxygen atoms in total. The molecule has 11 heteroatoms. The lowest BCUT2D eigenvalue weighted by Gasteiger charge is -2.33.